The third-order valence-corrected chi connectivity index (χ3v) is 6.69. The van der Waals surface area contributed by atoms with Gasteiger partial charge >= 0.3 is 0 Å². The van der Waals surface area contributed by atoms with Gasteiger partial charge in [-0.1, -0.05) is 30.3 Å². The highest BCUT2D eigenvalue weighted by molar-refractivity contribution is 6.01. The first kappa shape index (κ1) is 22.3. The number of amides is 2. The van der Waals surface area contributed by atoms with Gasteiger partial charge in [0, 0.05) is 51.0 Å². The van der Waals surface area contributed by atoms with E-state index in [-0.39, 0.29) is 17.6 Å². The molecule has 0 bridgehead atoms. The molecule has 7 nitrogen and oxygen atoms in total. The van der Waals surface area contributed by atoms with Crippen LogP contribution in [-0.4, -0.2) is 83.1 Å². The number of rotatable bonds is 6. The largest absolute Gasteiger partial charge is 0.356 e. The summed E-state index contributed by atoms with van der Waals surface area (Å²) in [5.74, 6) is 0.0752. The van der Waals surface area contributed by atoms with Crippen molar-refractivity contribution in [3.05, 3.63) is 59.4 Å². The summed E-state index contributed by atoms with van der Waals surface area (Å²) in [6.45, 7) is 8.32. The van der Waals surface area contributed by atoms with E-state index < -0.39 is 5.41 Å². The molecule has 0 unspecified atom stereocenters. The fourth-order valence-corrected chi connectivity index (χ4v) is 4.55. The van der Waals surface area contributed by atoms with Crippen molar-refractivity contribution in [2.24, 2.45) is 0 Å². The highest BCUT2D eigenvalue weighted by Crippen LogP contribution is 2.26. The molecule has 2 aromatic rings. The zero-order valence-corrected chi connectivity index (χ0v) is 19.0. The second kappa shape index (κ2) is 9.28. The minimum absolute atomic E-state index is 0.00823. The molecule has 0 radical (unpaired) electrons. The van der Waals surface area contributed by atoms with E-state index in [9.17, 15) is 14.4 Å². The van der Waals surface area contributed by atoms with E-state index in [1.54, 1.807) is 12.3 Å². The van der Waals surface area contributed by atoms with Gasteiger partial charge in [-0.2, -0.15) is 0 Å². The lowest BCUT2D eigenvalue weighted by atomic mass is 9.83. The van der Waals surface area contributed by atoms with Crippen LogP contribution in [0.1, 0.15) is 53.1 Å². The standard InChI is InChI=1S/C25H32N4O3/c1-25(2,20-8-4-3-5-9-20)24(32)29-14-12-27(13-15-29)18-22(30)19-16-21(26-17-19)23(31)28-10-6-7-11-28/h3-5,8-9,16-17,26H,6-7,10-15,18H2,1-2H3. The van der Waals surface area contributed by atoms with E-state index in [2.05, 4.69) is 9.88 Å². The van der Waals surface area contributed by atoms with Crippen LogP contribution < -0.4 is 0 Å². The van der Waals surface area contributed by atoms with Gasteiger partial charge in [-0.05, 0) is 38.3 Å². The highest BCUT2D eigenvalue weighted by atomic mass is 16.2. The Morgan fingerprint density at radius 1 is 0.906 bits per heavy atom. The van der Waals surface area contributed by atoms with Crippen molar-refractivity contribution in [1.82, 2.24) is 19.7 Å². The molecule has 2 aliphatic rings. The molecule has 7 heteroatoms. The smallest absolute Gasteiger partial charge is 0.270 e. The molecule has 1 N–H and O–H groups in total. The lowest BCUT2D eigenvalue weighted by molar-refractivity contribution is -0.138. The van der Waals surface area contributed by atoms with Gasteiger partial charge in [0.25, 0.3) is 5.91 Å². The van der Waals surface area contributed by atoms with Crippen LogP contribution in [0.15, 0.2) is 42.6 Å². The van der Waals surface area contributed by atoms with Crippen LogP contribution in [0.25, 0.3) is 0 Å². The zero-order valence-electron chi connectivity index (χ0n) is 19.0. The van der Waals surface area contributed by atoms with Crippen molar-refractivity contribution in [3.8, 4) is 0 Å². The number of aromatic nitrogens is 1. The SMILES string of the molecule is CC(C)(C(=O)N1CCN(CC(=O)c2c[nH]c(C(=O)N3CCCC3)c2)CC1)c1ccccc1. The van der Waals surface area contributed by atoms with Crippen LogP contribution in [0, 0.1) is 0 Å². The third kappa shape index (κ3) is 4.63. The van der Waals surface area contributed by atoms with Crippen molar-refractivity contribution in [2.45, 2.75) is 32.1 Å². The van der Waals surface area contributed by atoms with Gasteiger partial charge in [-0.15, -0.1) is 0 Å². The molecular formula is C25H32N4O3. The van der Waals surface area contributed by atoms with Gasteiger partial charge in [-0.3, -0.25) is 19.3 Å². The predicted molar refractivity (Wildman–Crippen MR) is 123 cm³/mol. The summed E-state index contributed by atoms with van der Waals surface area (Å²) >= 11 is 0. The van der Waals surface area contributed by atoms with Crippen molar-refractivity contribution < 1.29 is 14.4 Å². The molecule has 0 atom stereocenters. The Balaban J connectivity index is 1.30. The summed E-state index contributed by atoms with van der Waals surface area (Å²) < 4.78 is 0. The molecule has 0 aliphatic carbocycles. The Kier molecular flexibility index (Phi) is 6.46. The Morgan fingerprint density at radius 3 is 2.22 bits per heavy atom. The molecular weight excluding hydrogens is 404 g/mol. The maximum atomic E-state index is 13.1. The van der Waals surface area contributed by atoms with Crippen LogP contribution in [0.5, 0.6) is 0 Å². The number of carbonyl (C=O) groups is 3. The highest BCUT2D eigenvalue weighted by Gasteiger charge is 2.35. The number of piperazine rings is 1. The number of ketones is 1. The maximum absolute atomic E-state index is 13.1. The number of H-pyrrole nitrogens is 1. The molecule has 2 amide bonds. The van der Waals surface area contributed by atoms with Crippen LogP contribution in [0.2, 0.25) is 0 Å². The molecule has 2 saturated heterocycles. The molecule has 2 fully saturated rings. The number of hydrogen-bond donors (Lipinski definition) is 1. The second-order valence-corrected chi connectivity index (χ2v) is 9.28. The first-order valence-electron chi connectivity index (χ1n) is 11.4. The molecule has 3 heterocycles. The maximum Gasteiger partial charge on any atom is 0.270 e. The van der Waals surface area contributed by atoms with Gasteiger partial charge < -0.3 is 14.8 Å². The van der Waals surface area contributed by atoms with Gasteiger partial charge in [0.05, 0.1) is 12.0 Å². The molecule has 1 aromatic heterocycles. The number of nitrogens with zero attached hydrogens (tertiary/aromatic N) is 3. The molecule has 1 aromatic carbocycles. The topological polar surface area (TPSA) is 76.7 Å². The van der Waals surface area contributed by atoms with E-state index in [1.165, 1.54) is 0 Å². The quantitative estimate of drug-likeness (QED) is 0.706. The van der Waals surface area contributed by atoms with E-state index in [0.717, 1.165) is 31.5 Å². The van der Waals surface area contributed by atoms with E-state index in [1.807, 2.05) is 54.0 Å². The number of likely N-dealkylation sites (tertiary alicyclic amines) is 1. The normalized spacial score (nSPS) is 17.6. The number of nitrogens with one attached hydrogen (secondary N) is 1. The van der Waals surface area contributed by atoms with Crippen molar-refractivity contribution in [1.29, 1.82) is 0 Å². The Morgan fingerprint density at radius 2 is 1.56 bits per heavy atom. The van der Waals surface area contributed by atoms with Gasteiger partial charge in [0.1, 0.15) is 5.69 Å². The molecule has 0 saturated carbocycles. The van der Waals surface area contributed by atoms with E-state index in [4.69, 9.17) is 0 Å². The fraction of sp³-hybridized carbons (Fsp3) is 0.480. The monoisotopic (exact) mass is 436 g/mol. The Hall–Kier alpha value is -2.93. The summed E-state index contributed by atoms with van der Waals surface area (Å²) in [6, 6.07) is 11.5. The first-order valence-corrected chi connectivity index (χ1v) is 11.4. The van der Waals surface area contributed by atoms with Crippen LogP contribution in [0.3, 0.4) is 0 Å². The van der Waals surface area contributed by atoms with Crippen molar-refractivity contribution >= 4 is 17.6 Å². The molecule has 0 spiro atoms. The molecule has 4 rings (SSSR count). The number of Topliss-reactive ketones (excluding diaryl/α,β-unsaturated/α-hetero) is 1. The summed E-state index contributed by atoms with van der Waals surface area (Å²) in [7, 11) is 0. The average Bonchev–Trinajstić information content (AvgIpc) is 3.52. The van der Waals surface area contributed by atoms with Gasteiger partial charge in [0.15, 0.2) is 5.78 Å². The number of benzene rings is 1. The summed E-state index contributed by atoms with van der Waals surface area (Å²) in [4.78, 5) is 47.2. The lowest BCUT2D eigenvalue weighted by Gasteiger charge is -2.38. The van der Waals surface area contributed by atoms with Crippen LogP contribution in [-0.2, 0) is 10.2 Å². The summed E-state index contributed by atoms with van der Waals surface area (Å²) in [5, 5.41) is 0. The van der Waals surface area contributed by atoms with E-state index >= 15 is 0 Å². The Bertz CT molecular complexity index is 968. The predicted octanol–water partition coefficient (Wildman–Crippen LogP) is 2.56. The van der Waals surface area contributed by atoms with Crippen LogP contribution in [0.4, 0.5) is 0 Å². The molecule has 170 valence electrons. The van der Waals surface area contributed by atoms with E-state index in [0.29, 0.717) is 44.0 Å². The minimum atomic E-state index is -0.581. The summed E-state index contributed by atoms with van der Waals surface area (Å²) in [5.41, 5.74) is 1.45. The molecule has 2 aliphatic heterocycles. The first-order chi connectivity index (χ1) is 15.4. The summed E-state index contributed by atoms with van der Waals surface area (Å²) in [6.07, 6.45) is 3.71. The zero-order chi connectivity index (χ0) is 22.7. The fourth-order valence-electron chi connectivity index (χ4n) is 4.55. The number of hydrogen-bond acceptors (Lipinski definition) is 4. The van der Waals surface area contributed by atoms with Gasteiger partial charge in [-0.25, -0.2) is 0 Å². The molecule has 32 heavy (non-hydrogen) atoms. The number of aromatic amines is 1. The average molecular weight is 437 g/mol. The number of carbonyl (C=O) groups excluding carboxylic acids is 3. The second-order valence-electron chi connectivity index (χ2n) is 9.28. The van der Waals surface area contributed by atoms with Gasteiger partial charge in [0.2, 0.25) is 5.91 Å². The lowest BCUT2D eigenvalue weighted by Crippen LogP contribution is -2.53. The van der Waals surface area contributed by atoms with Crippen molar-refractivity contribution in [3.63, 3.8) is 0 Å². The Labute approximate surface area is 189 Å². The van der Waals surface area contributed by atoms with Crippen molar-refractivity contribution in [2.75, 3.05) is 45.8 Å². The van der Waals surface area contributed by atoms with Crippen LogP contribution >= 0.6 is 0 Å². The third-order valence-electron chi connectivity index (χ3n) is 6.69. The minimum Gasteiger partial charge on any atom is -0.356 e.